The number of rotatable bonds is 2. The number of aryl methyl sites for hydroxylation is 2. The van der Waals surface area contributed by atoms with E-state index < -0.39 is 0 Å². The number of phenols is 2. The van der Waals surface area contributed by atoms with Crippen molar-refractivity contribution in [2.75, 3.05) is 0 Å². The number of hydrogen-bond donors (Lipinski definition) is 2. The second kappa shape index (κ2) is 17.4. The Kier molecular flexibility index (Phi) is 16.3. The molecule has 0 amide bonds. The monoisotopic (exact) mass is 520 g/mol. The molecule has 0 saturated carbocycles. The number of allylic oxidation sites excluding steroid dienone is 8. The summed E-state index contributed by atoms with van der Waals surface area (Å²) in [6.07, 6.45) is 14.7. The van der Waals surface area contributed by atoms with Crippen molar-refractivity contribution in [3.8, 4) is 11.5 Å². The van der Waals surface area contributed by atoms with Gasteiger partial charge in [-0.1, -0.05) is 64.8 Å². The summed E-state index contributed by atoms with van der Waals surface area (Å²) in [6.45, 7) is 12.7. The van der Waals surface area contributed by atoms with Crippen LogP contribution in [-0.2, 0) is 39.0 Å². The molecule has 2 N–H and O–H groups in total. The fourth-order valence-electron chi connectivity index (χ4n) is 2.73. The van der Waals surface area contributed by atoms with Crippen LogP contribution in [-0.4, -0.2) is 10.2 Å². The van der Waals surface area contributed by atoms with Crippen molar-refractivity contribution in [3.05, 3.63) is 106 Å². The third-order valence-electron chi connectivity index (χ3n) is 5.42. The van der Waals surface area contributed by atoms with E-state index in [2.05, 4.69) is 65.8 Å². The predicted molar refractivity (Wildman–Crippen MR) is 137 cm³/mol. The Morgan fingerprint density at radius 1 is 0.606 bits per heavy atom. The smallest absolute Gasteiger partial charge is 0.508 e. The molecule has 0 bridgehead atoms. The van der Waals surface area contributed by atoms with Crippen LogP contribution in [0.4, 0.5) is 0 Å². The van der Waals surface area contributed by atoms with Crippen LogP contribution in [0, 0.1) is 12.2 Å². The van der Waals surface area contributed by atoms with Crippen LogP contribution < -0.4 is 0 Å². The Bertz CT molecular complexity index is 851. The third-order valence-corrected chi connectivity index (χ3v) is 5.42. The van der Waals surface area contributed by atoms with E-state index in [0.29, 0.717) is 11.5 Å². The van der Waals surface area contributed by atoms with Crippen LogP contribution in [0.2, 0.25) is 0 Å². The molecule has 174 valence electrons. The molecule has 0 radical (unpaired) electrons. The Hall–Kier alpha value is -2.12. The minimum atomic E-state index is 0. The molecule has 0 aliphatic heterocycles. The fourth-order valence-corrected chi connectivity index (χ4v) is 2.73. The molecule has 33 heavy (non-hydrogen) atoms. The summed E-state index contributed by atoms with van der Waals surface area (Å²) in [7, 11) is 0. The van der Waals surface area contributed by atoms with E-state index in [-0.39, 0.29) is 26.2 Å². The van der Waals surface area contributed by atoms with Crippen LogP contribution in [0.25, 0.3) is 0 Å². The predicted octanol–water partition coefficient (Wildman–Crippen LogP) is 8.08. The van der Waals surface area contributed by atoms with E-state index in [1.165, 1.54) is 33.4 Å². The standard InChI is InChI=1S/2C8H10O.2C7H9.Zr/c2*1-2-7-3-5-8(9)6-4-7;2*1-6-4-3-5-7(6)2;/h2*3-6,9H,2H2,1H3;2*3H,4H2,1-2H3;/q;;2*-1;+2. The molecule has 0 unspecified atom stereocenters. The largest absolute Gasteiger partial charge is 2.00 e. The first-order valence-electron chi connectivity index (χ1n) is 11.3. The zero-order chi connectivity index (χ0) is 23.9. The molecule has 0 spiro atoms. The molecule has 0 fully saturated rings. The van der Waals surface area contributed by atoms with Gasteiger partial charge in [-0.05, 0) is 48.2 Å². The van der Waals surface area contributed by atoms with Crippen molar-refractivity contribution in [2.24, 2.45) is 0 Å². The van der Waals surface area contributed by atoms with E-state index in [4.69, 9.17) is 10.2 Å². The molecule has 2 aliphatic rings. The van der Waals surface area contributed by atoms with E-state index in [9.17, 15) is 0 Å². The third kappa shape index (κ3) is 13.2. The molecule has 3 heteroatoms. The van der Waals surface area contributed by atoms with Gasteiger partial charge >= 0.3 is 26.2 Å². The molecular formula is C30H38O2Zr. The number of benzene rings is 2. The molecule has 2 nitrogen and oxygen atoms in total. The van der Waals surface area contributed by atoms with Crippen molar-refractivity contribution < 1.29 is 36.4 Å². The second-order valence-electron chi connectivity index (χ2n) is 7.96. The quantitative estimate of drug-likeness (QED) is 0.392. The minimum Gasteiger partial charge on any atom is -0.508 e. The van der Waals surface area contributed by atoms with E-state index in [1.807, 2.05) is 24.3 Å². The molecule has 2 aromatic carbocycles. The first-order chi connectivity index (χ1) is 15.3. The number of hydrogen-bond acceptors (Lipinski definition) is 2. The van der Waals surface area contributed by atoms with Crippen molar-refractivity contribution in [3.63, 3.8) is 0 Å². The number of phenolic OH excluding ortho intramolecular Hbond substituents is 2. The van der Waals surface area contributed by atoms with Gasteiger partial charge in [0.2, 0.25) is 0 Å². The fraction of sp³-hybridized carbons (Fsp3) is 0.333. The minimum absolute atomic E-state index is 0. The Balaban J connectivity index is 0.000000412. The molecule has 2 aromatic rings. The molecule has 0 atom stereocenters. The van der Waals surface area contributed by atoms with Gasteiger partial charge in [0.25, 0.3) is 0 Å². The van der Waals surface area contributed by atoms with Gasteiger partial charge in [-0.2, -0.15) is 12.2 Å². The van der Waals surface area contributed by atoms with Crippen LogP contribution in [0.3, 0.4) is 0 Å². The van der Waals surface area contributed by atoms with Crippen LogP contribution in [0.5, 0.6) is 11.5 Å². The van der Waals surface area contributed by atoms with Crippen molar-refractivity contribution in [1.82, 2.24) is 0 Å². The maximum absolute atomic E-state index is 8.85. The van der Waals surface area contributed by atoms with Crippen LogP contribution in [0.15, 0.2) is 83.0 Å². The summed E-state index contributed by atoms with van der Waals surface area (Å²) in [5.74, 6) is 0.680. The first-order valence-corrected chi connectivity index (χ1v) is 11.3. The Morgan fingerprint density at radius 2 is 0.909 bits per heavy atom. The van der Waals surface area contributed by atoms with Gasteiger partial charge in [0.05, 0.1) is 0 Å². The van der Waals surface area contributed by atoms with E-state index >= 15 is 0 Å². The van der Waals surface area contributed by atoms with E-state index in [1.54, 1.807) is 24.3 Å². The maximum atomic E-state index is 8.85. The normalized spacial score (nSPS) is 13.3. The molecule has 0 heterocycles. The summed E-state index contributed by atoms with van der Waals surface area (Å²) in [5, 5.41) is 17.7. The zero-order valence-corrected chi connectivity index (χ0v) is 23.5. The average Bonchev–Trinajstić information content (AvgIpc) is 3.37. The second-order valence-corrected chi connectivity index (χ2v) is 7.96. The van der Waals surface area contributed by atoms with Gasteiger partial charge in [0, 0.05) is 0 Å². The van der Waals surface area contributed by atoms with E-state index in [0.717, 1.165) is 25.7 Å². The van der Waals surface area contributed by atoms with Gasteiger partial charge in [-0.15, -0.1) is 13.8 Å². The molecule has 0 aromatic heterocycles. The van der Waals surface area contributed by atoms with Crippen molar-refractivity contribution in [1.29, 1.82) is 0 Å². The molecular weight excluding hydrogens is 484 g/mol. The summed E-state index contributed by atoms with van der Waals surface area (Å²) < 4.78 is 0. The van der Waals surface area contributed by atoms with Crippen LogP contribution >= 0.6 is 0 Å². The topological polar surface area (TPSA) is 40.5 Å². The van der Waals surface area contributed by atoms with Crippen LogP contribution in [0.1, 0.15) is 65.5 Å². The molecule has 2 aliphatic carbocycles. The van der Waals surface area contributed by atoms with Gasteiger partial charge in [-0.25, -0.2) is 22.3 Å². The summed E-state index contributed by atoms with van der Waals surface area (Å²) >= 11 is 0. The first kappa shape index (κ1) is 30.9. The summed E-state index contributed by atoms with van der Waals surface area (Å²) in [4.78, 5) is 0. The van der Waals surface area contributed by atoms with Gasteiger partial charge in [0.1, 0.15) is 11.5 Å². The average molecular weight is 522 g/mol. The SMILES string of the molecule is CC1=C(C)CC=[C-]1.CC1=C(C)CC=[C-]1.CCc1ccc(O)cc1.CCc1ccc(O)cc1.[Zr+2]. The zero-order valence-electron chi connectivity index (χ0n) is 21.0. The molecule has 0 saturated heterocycles. The number of aromatic hydroxyl groups is 2. The van der Waals surface area contributed by atoms with Crippen molar-refractivity contribution >= 4 is 0 Å². The van der Waals surface area contributed by atoms with Crippen molar-refractivity contribution in [2.45, 2.75) is 67.2 Å². The van der Waals surface area contributed by atoms with Gasteiger partial charge in [0.15, 0.2) is 0 Å². The summed E-state index contributed by atoms with van der Waals surface area (Å²) in [6, 6.07) is 14.5. The molecule has 4 rings (SSSR count). The maximum Gasteiger partial charge on any atom is 2.00 e. The Labute approximate surface area is 220 Å². The summed E-state index contributed by atoms with van der Waals surface area (Å²) in [5.41, 5.74) is 8.07. The van der Waals surface area contributed by atoms with Gasteiger partial charge in [-0.3, -0.25) is 12.2 Å². The van der Waals surface area contributed by atoms with Gasteiger partial charge < -0.3 is 10.2 Å². The Morgan fingerprint density at radius 3 is 1.06 bits per heavy atom.